The molecule has 1 aromatic rings. The van der Waals surface area contributed by atoms with E-state index in [0.29, 0.717) is 17.2 Å². The maximum absolute atomic E-state index is 12.2. The quantitative estimate of drug-likeness (QED) is 0.750. The molecule has 0 fully saturated rings. The van der Waals surface area contributed by atoms with Gasteiger partial charge in [-0.1, -0.05) is 6.08 Å². The number of carbonyl (C=O) groups excluding carboxylic acids is 1. The standard InChI is InChI=1S/C18H22O4/c1-20-14-11-17(21-2)15(18(12-14)22-3)9-10-16(19)13-7-5-4-6-8-13/h7,9-12H,4-6,8H2,1-3H3/b10-9+. The summed E-state index contributed by atoms with van der Waals surface area (Å²) < 4.78 is 16.0. The highest BCUT2D eigenvalue weighted by atomic mass is 16.5. The first kappa shape index (κ1) is 16.1. The van der Waals surface area contributed by atoms with Gasteiger partial charge in [-0.25, -0.2) is 0 Å². The summed E-state index contributed by atoms with van der Waals surface area (Å²) in [6.07, 6.45) is 9.48. The van der Waals surface area contributed by atoms with Gasteiger partial charge < -0.3 is 14.2 Å². The third kappa shape index (κ3) is 3.70. The van der Waals surface area contributed by atoms with E-state index in [1.807, 2.05) is 6.08 Å². The van der Waals surface area contributed by atoms with Crippen LogP contribution < -0.4 is 14.2 Å². The molecule has 1 aliphatic carbocycles. The zero-order chi connectivity index (χ0) is 15.9. The van der Waals surface area contributed by atoms with Gasteiger partial charge in [-0.15, -0.1) is 0 Å². The fourth-order valence-electron chi connectivity index (χ4n) is 2.52. The Morgan fingerprint density at radius 3 is 2.23 bits per heavy atom. The summed E-state index contributed by atoms with van der Waals surface area (Å²) in [4.78, 5) is 12.2. The highest BCUT2D eigenvalue weighted by Gasteiger charge is 2.13. The van der Waals surface area contributed by atoms with Crippen molar-refractivity contribution < 1.29 is 19.0 Å². The number of carbonyl (C=O) groups is 1. The second-order valence-corrected chi connectivity index (χ2v) is 5.12. The number of benzene rings is 1. The molecule has 118 valence electrons. The lowest BCUT2D eigenvalue weighted by atomic mass is 9.96. The van der Waals surface area contributed by atoms with Crippen molar-refractivity contribution in [3.8, 4) is 17.2 Å². The molecule has 0 radical (unpaired) electrons. The fraction of sp³-hybridized carbons (Fsp3) is 0.389. The molecule has 0 N–H and O–H groups in total. The van der Waals surface area contributed by atoms with Gasteiger partial charge in [0.2, 0.25) is 0 Å². The topological polar surface area (TPSA) is 44.8 Å². The van der Waals surface area contributed by atoms with E-state index in [4.69, 9.17) is 14.2 Å². The molecule has 0 aliphatic heterocycles. The second kappa shape index (κ2) is 7.69. The van der Waals surface area contributed by atoms with Crippen molar-refractivity contribution in [1.82, 2.24) is 0 Å². The van der Waals surface area contributed by atoms with Crippen molar-refractivity contribution in [1.29, 1.82) is 0 Å². The number of hydrogen-bond acceptors (Lipinski definition) is 4. The highest BCUT2D eigenvalue weighted by molar-refractivity contribution is 6.06. The Labute approximate surface area is 131 Å². The molecule has 4 nitrogen and oxygen atoms in total. The lowest BCUT2D eigenvalue weighted by Gasteiger charge is -2.13. The number of ketones is 1. The summed E-state index contributed by atoms with van der Waals surface area (Å²) in [5.74, 6) is 1.92. The first-order valence-electron chi connectivity index (χ1n) is 7.41. The van der Waals surface area contributed by atoms with Crippen LogP contribution in [0, 0.1) is 0 Å². The predicted octanol–water partition coefficient (Wildman–Crippen LogP) is 3.80. The van der Waals surface area contributed by atoms with Crippen LogP contribution in [0.5, 0.6) is 17.2 Å². The average molecular weight is 302 g/mol. The van der Waals surface area contributed by atoms with Crippen LogP contribution in [0.4, 0.5) is 0 Å². The minimum Gasteiger partial charge on any atom is -0.496 e. The van der Waals surface area contributed by atoms with Crippen molar-refractivity contribution in [2.24, 2.45) is 0 Å². The summed E-state index contributed by atoms with van der Waals surface area (Å²) in [5, 5.41) is 0. The summed E-state index contributed by atoms with van der Waals surface area (Å²) in [6.45, 7) is 0. The zero-order valence-corrected chi connectivity index (χ0v) is 13.3. The van der Waals surface area contributed by atoms with E-state index in [2.05, 4.69) is 0 Å². The normalized spacial score (nSPS) is 14.6. The Bertz CT molecular complexity index is 574. The van der Waals surface area contributed by atoms with E-state index in [1.165, 1.54) is 6.42 Å². The Kier molecular flexibility index (Phi) is 5.64. The Hall–Kier alpha value is -2.23. The molecule has 0 heterocycles. The van der Waals surface area contributed by atoms with Crippen LogP contribution >= 0.6 is 0 Å². The maximum Gasteiger partial charge on any atom is 0.181 e. The molecular weight excluding hydrogens is 280 g/mol. The van der Waals surface area contributed by atoms with Crippen molar-refractivity contribution in [3.63, 3.8) is 0 Å². The van der Waals surface area contributed by atoms with E-state index < -0.39 is 0 Å². The minimum absolute atomic E-state index is 0.0552. The SMILES string of the molecule is COc1cc(OC)c(/C=C/C(=O)C2=CCCCC2)c(OC)c1. The van der Waals surface area contributed by atoms with Gasteiger partial charge in [0, 0.05) is 12.1 Å². The Morgan fingerprint density at radius 1 is 1.05 bits per heavy atom. The van der Waals surface area contributed by atoms with E-state index in [9.17, 15) is 4.79 Å². The second-order valence-electron chi connectivity index (χ2n) is 5.12. The van der Waals surface area contributed by atoms with Gasteiger partial charge >= 0.3 is 0 Å². The number of methoxy groups -OCH3 is 3. The van der Waals surface area contributed by atoms with Crippen LogP contribution in [0.1, 0.15) is 31.2 Å². The predicted molar refractivity (Wildman–Crippen MR) is 86.7 cm³/mol. The van der Waals surface area contributed by atoms with Crippen LogP contribution in [-0.2, 0) is 4.79 Å². The summed E-state index contributed by atoms with van der Waals surface area (Å²) in [6, 6.07) is 3.54. The molecular formula is C18H22O4. The van der Waals surface area contributed by atoms with Gasteiger partial charge in [0.15, 0.2) is 5.78 Å². The molecule has 0 aromatic heterocycles. The summed E-state index contributed by atoms with van der Waals surface area (Å²) in [7, 11) is 4.75. The fourth-order valence-corrected chi connectivity index (χ4v) is 2.52. The molecule has 0 atom stereocenters. The van der Waals surface area contributed by atoms with Crippen LogP contribution in [0.15, 0.2) is 29.9 Å². The minimum atomic E-state index is 0.0552. The monoisotopic (exact) mass is 302 g/mol. The Morgan fingerprint density at radius 2 is 1.73 bits per heavy atom. The molecule has 4 heteroatoms. The molecule has 0 saturated heterocycles. The number of hydrogen-bond donors (Lipinski definition) is 0. The highest BCUT2D eigenvalue weighted by Crippen LogP contribution is 2.35. The lowest BCUT2D eigenvalue weighted by molar-refractivity contribution is -0.111. The molecule has 22 heavy (non-hydrogen) atoms. The van der Waals surface area contributed by atoms with Gasteiger partial charge in [0.1, 0.15) is 17.2 Å². The lowest BCUT2D eigenvalue weighted by Crippen LogP contribution is -2.02. The van der Waals surface area contributed by atoms with Crippen LogP contribution in [0.2, 0.25) is 0 Å². The molecule has 0 unspecified atom stereocenters. The third-order valence-electron chi connectivity index (χ3n) is 3.76. The average Bonchev–Trinajstić information content (AvgIpc) is 2.59. The summed E-state index contributed by atoms with van der Waals surface area (Å²) >= 11 is 0. The van der Waals surface area contributed by atoms with Crippen LogP contribution in [-0.4, -0.2) is 27.1 Å². The number of allylic oxidation sites excluding steroid dienone is 3. The van der Waals surface area contributed by atoms with E-state index >= 15 is 0 Å². The van der Waals surface area contributed by atoms with E-state index in [-0.39, 0.29) is 5.78 Å². The molecule has 0 amide bonds. The summed E-state index contributed by atoms with van der Waals surface area (Å²) in [5.41, 5.74) is 1.63. The van der Waals surface area contributed by atoms with E-state index in [0.717, 1.165) is 30.4 Å². The van der Waals surface area contributed by atoms with Crippen LogP contribution in [0.3, 0.4) is 0 Å². The molecule has 0 spiro atoms. The molecule has 1 aromatic carbocycles. The first-order valence-corrected chi connectivity index (χ1v) is 7.41. The van der Waals surface area contributed by atoms with Gasteiger partial charge in [-0.2, -0.15) is 0 Å². The maximum atomic E-state index is 12.2. The Balaban J connectivity index is 2.29. The first-order chi connectivity index (χ1) is 10.7. The van der Waals surface area contributed by atoms with Gasteiger partial charge in [-0.05, 0) is 43.4 Å². The largest absolute Gasteiger partial charge is 0.496 e. The van der Waals surface area contributed by atoms with Crippen molar-refractivity contribution in [2.75, 3.05) is 21.3 Å². The van der Waals surface area contributed by atoms with Crippen molar-refractivity contribution in [3.05, 3.63) is 35.4 Å². The number of rotatable bonds is 6. The molecule has 0 saturated carbocycles. The van der Waals surface area contributed by atoms with Gasteiger partial charge in [-0.3, -0.25) is 4.79 Å². The third-order valence-corrected chi connectivity index (χ3v) is 3.76. The van der Waals surface area contributed by atoms with E-state index in [1.54, 1.807) is 45.6 Å². The van der Waals surface area contributed by atoms with Gasteiger partial charge in [0.25, 0.3) is 0 Å². The zero-order valence-electron chi connectivity index (χ0n) is 13.3. The smallest absolute Gasteiger partial charge is 0.181 e. The number of ether oxygens (including phenoxy) is 3. The van der Waals surface area contributed by atoms with Crippen molar-refractivity contribution >= 4 is 11.9 Å². The van der Waals surface area contributed by atoms with Crippen LogP contribution in [0.25, 0.3) is 6.08 Å². The van der Waals surface area contributed by atoms with Crippen molar-refractivity contribution in [2.45, 2.75) is 25.7 Å². The molecule has 2 rings (SSSR count). The molecule has 1 aliphatic rings. The van der Waals surface area contributed by atoms with Gasteiger partial charge in [0.05, 0.1) is 26.9 Å². The molecule has 0 bridgehead atoms.